The molecule has 2 atom stereocenters. The van der Waals surface area contributed by atoms with E-state index >= 15 is 0 Å². The van der Waals surface area contributed by atoms with Crippen molar-refractivity contribution < 1.29 is 28.7 Å². The highest BCUT2D eigenvalue weighted by atomic mass is 35.5. The molecule has 2 aromatic carbocycles. The average Bonchev–Trinajstić information content (AvgIpc) is 4.04. The highest BCUT2D eigenvalue weighted by Crippen LogP contribution is 2.30. The summed E-state index contributed by atoms with van der Waals surface area (Å²) in [5, 5.41) is 8.23. The third-order valence-electron chi connectivity index (χ3n) is 10.0. The number of nitrogens with two attached hydrogens (primary N) is 1. The van der Waals surface area contributed by atoms with Crippen molar-refractivity contribution in [2.45, 2.75) is 44.8 Å². The van der Waals surface area contributed by atoms with Crippen molar-refractivity contribution >= 4 is 98.2 Å². The summed E-state index contributed by atoms with van der Waals surface area (Å²) in [6.07, 6.45) is 0.214. The molecule has 0 spiro atoms. The Balaban J connectivity index is 0.000000199. The molecule has 0 aliphatic carbocycles. The Kier molecular flexibility index (Phi) is 14.9. The van der Waals surface area contributed by atoms with E-state index in [0.717, 1.165) is 48.2 Å². The molecular formula is C41H48Cl2N8O6S2. The second-order valence-electron chi connectivity index (χ2n) is 14.6. The van der Waals surface area contributed by atoms with E-state index in [4.69, 9.17) is 38.5 Å². The zero-order valence-electron chi connectivity index (χ0n) is 33.4. The number of anilines is 4. The lowest BCUT2D eigenvalue weighted by molar-refractivity contribution is 0.0939. The van der Waals surface area contributed by atoms with Crippen molar-refractivity contribution in [2.75, 3.05) is 80.2 Å². The van der Waals surface area contributed by atoms with E-state index in [2.05, 4.69) is 14.9 Å². The van der Waals surface area contributed by atoms with Crippen molar-refractivity contribution in [1.29, 1.82) is 0 Å². The second kappa shape index (κ2) is 20.0. The Morgan fingerprint density at radius 2 is 1.22 bits per heavy atom. The smallest absolute Gasteiger partial charge is 0.414 e. The molecule has 0 unspecified atom stereocenters. The highest BCUT2D eigenvalue weighted by molar-refractivity contribution is 7.18. The van der Waals surface area contributed by atoms with Crippen LogP contribution in [-0.4, -0.2) is 112 Å². The molecule has 4 aromatic rings. The summed E-state index contributed by atoms with van der Waals surface area (Å²) < 4.78 is 12.1. The zero-order valence-corrected chi connectivity index (χ0v) is 36.5. The number of carbonyl (C=O) groups is 4. The molecule has 3 aliphatic heterocycles. The van der Waals surface area contributed by atoms with E-state index < -0.39 is 6.09 Å². The minimum Gasteiger partial charge on any atom is -0.444 e. The lowest BCUT2D eigenvalue weighted by Gasteiger charge is -2.31. The first-order chi connectivity index (χ1) is 28.2. The number of cyclic esters (lactones) is 2. The first kappa shape index (κ1) is 43.9. The Morgan fingerprint density at radius 1 is 0.746 bits per heavy atom. The van der Waals surface area contributed by atoms with Crippen molar-refractivity contribution in [3.05, 3.63) is 91.2 Å². The number of hydrazine groups is 1. The maximum atomic E-state index is 12.3. The lowest BCUT2D eigenvalue weighted by Crippen LogP contribution is -2.40. The van der Waals surface area contributed by atoms with Crippen LogP contribution in [0.5, 0.6) is 0 Å². The van der Waals surface area contributed by atoms with E-state index in [1.807, 2.05) is 81.6 Å². The second-order valence-corrected chi connectivity index (χ2v) is 18.0. The van der Waals surface area contributed by atoms with Crippen molar-refractivity contribution in [1.82, 2.24) is 9.80 Å². The fourth-order valence-corrected chi connectivity index (χ4v) is 8.51. The predicted molar refractivity (Wildman–Crippen MR) is 237 cm³/mol. The normalized spacial score (nSPS) is 17.8. The summed E-state index contributed by atoms with van der Waals surface area (Å²) in [6, 6.07) is 22.1. The highest BCUT2D eigenvalue weighted by Gasteiger charge is 2.34. The molecule has 314 valence electrons. The minimum atomic E-state index is -0.397. The van der Waals surface area contributed by atoms with Crippen LogP contribution < -0.4 is 25.7 Å². The number of nitrogens with zero attached hydrogens (tertiary/aromatic N) is 7. The van der Waals surface area contributed by atoms with E-state index in [1.54, 1.807) is 39.1 Å². The SMILES string of the molecule is CC1=NN(c2ccc(N3C[C@H](CCC(=O)c4ccc(Cl)s4)OC3=O)cc2)CCN1C.CN(C)CCN(N)c1ccc(N2C[C@H](CCC(=O)c3ccc(Cl)s3)OC2=O)cc1. The molecule has 18 heteroatoms. The predicted octanol–water partition coefficient (Wildman–Crippen LogP) is 8.11. The number of ether oxygens (including phenoxy) is 2. The van der Waals surface area contributed by atoms with Crippen molar-refractivity contribution in [2.24, 2.45) is 10.9 Å². The summed E-state index contributed by atoms with van der Waals surface area (Å²) in [5.41, 5.74) is 3.38. The van der Waals surface area contributed by atoms with Crippen LogP contribution in [0, 0.1) is 0 Å². The lowest BCUT2D eigenvalue weighted by atomic mass is 10.1. The number of thiophene rings is 2. The molecule has 5 heterocycles. The van der Waals surface area contributed by atoms with Gasteiger partial charge in [-0.15, -0.1) is 22.7 Å². The number of halogens is 2. The molecule has 59 heavy (non-hydrogen) atoms. The largest absolute Gasteiger partial charge is 0.444 e. The minimum absolute atomic E-state index is 0.0153. The molecule has 7 rings (SSSR count). The van der Waals surface area contributed by atoms with Crippen LogP contribution in [0.3, 0.4) is 0 Å². The topological polar surface area (TPSA) is 145 Å². The quantitative estimate of drug-likeness (QED) is 0.0703. The number of rotatable bonds is 15. The standard InChI is InChI=1S/C21H23ClN4O3S.C20H25ClN4O3S/c1-14-23-26(12-11-24(14)2)16-5-3-15(4-6-16)25-13-17(29-21(25)28)7-8-18(27)19-9-10-20(22)30-19;1-23(2)11-12-25(22)15-5-3-14(4-6-15)24-13-16(28-20(24)27)7-8-17(26)18-9-10-19(21)29-18/h3-6,9-10,17H,7-8,11-13H2,1-2H3;3-6,9-10,16H,7-8,11-13,22H2,1-2H3/t17-;16-/m00/s1. The maximum absolute atomic E-state index is 12.3. The molecule has 14 nitrogen and oxygen atoms in total. The van der Waals surface area contributed by atoms with Gasteiger partial charge in [0, 0.05) is 50.9 Å². The number of Topliss-reactive ketones (excluding diaryl/α,β-unsaturated/α-hetero) is 2. The molecule has 0 radical (unpaired) electrons. The van der Waals surface area contributed by atoms with Gasteiger partial charge >= 0.3 is 12.2 Å². The molecule has 2 aromatic heterocycles. The van der Waals surface area contributed by atoms with Crippen molar-refractivity contribution in [3.63, 3.8) is 0 Å². The number of hydrogen-bond donors (Lipinski definition) is 1. The molecule has 3 aliphatic rings. The van der Waals surface area contributed by atoms with Gasteiger partial charge in [0.15, 0.2) is 11.6 Å². The molecule has 0 saturated carbocycles. The number of amides is 2. The molecule has 2 fully saturated rings. The monoisotopic (exact) mass is 882 g/mol. The summed E-state index contributed by atoms with van der Waals surface area (Å²) >= 11 is 14.3. The Labute approximate surface area is 362 Å². The van der Waals surface area contributed by atoms with Gasteiger partial charge in [0.2, 0.25) is 0 Å². The summed E-state index contributed by atoms with van der Waals surface area (Å²) in [4.78, 5) is 57.7. The molecule has 0 bridgehead atoms. The Bertz CT molecular complexity index is 2130. The van der Waals surface area contributed by atoms with E-state index in [0.29, 0.717) is 63.7 Å². The third-order valence-corrected chi connectivity index (χ3v) is 12.6. The molecule has 2 amide bonds. The fraction of sp³-hybridized carbons (Fsp3) is 0.390. The Hall–Kier alpha value is -4.71. The van der Waals surface area contributed by atoms with Crippen LogP contribution >= 0.6 is 45.9 Å². The molecular weight excluding hydrogens is 836 g/mol. The number of benzene rings is 2. The van der Waals surface area contributed by atoms with Crippen molar-refractivity contribution in [3.8, 4) is 0 Å². The number of hydrazone groups is 1. The average molecular weight is 884 g/mol. The number of amidine groups is 1. The number of hydrogen-bond acceptors (Lipinski definition) is 14. The van der Waals surface area contributed by atoms with E-state index in [1.165, 1.54) is 22.7 Å². The van der Waals surface area contributed by atoms with Gasteiger partial charge in [0.1, 0.15) is 18.0 Å². The third kappa shape index (κ3) is 11.7. The Morgan fingerprint density at radius 3 is 1.66 bits per heavy atom. The van der Waals surface area contributed by atoms with Crippen LogP contribution in [0.1, 0.15) is 52.0 Å². The molecule has 2 saturated heterocycles. The van der Waals surface area contributed by atoms with Gasteiger partial charge in [-0.2, -0.15) is 5.10 Å². The van der Waals surface area contributed by atoms with Gasteiger partial charge in [0.25, 0.3) is 0 Å². The van der Waals surface area contributed by atoms with Crippen LogP contribution in [0.25, 0.3) is 0 Å². The van der Waals surface area contributed by atoms with E-state index in [-0.39, 0.29) is 29.9 Å². The fourth-order valence-electron chi connectivity index (χ4n) is 6.48. The van der Waals surface area contributed by atoms with Crippen LogP contribution in [-0.2, 0) is 9.47 Å². The summed E-state index contributed by atoms with van der Waals surface area (Å²) in [5.74, 6) is 7.08. The summed E-state index contributed by atoms with van der Waals surface area (Å²) in [7, 11) is 6.02. The zero-order chi connectivity index (χ0) is 42.2. The van der Waals surface area contributed by atoms with Crippen LogP contribution in [0.2, 0.25) is 8.67 Å². The van der Waals surface area contributed by atoms with Gasteiger partial charge < -0.3 is 24.3 Å². The molecule has 2 N–H and O–H groups in total. The van der Waals surface area contributed by atoms with Gasteiger partial charge in [-0.05, 0) is 107 Å². The summed E-state index contributed by atoms with van der Waals surface area (Å²) in [6.45, 7) is 6.10. The van der Waals surface area contributed by atoms with Gasteiger partial charge in [0.05, 0.1) is 49.4 Å². The van der Waals surface area contributed by atoms with Crippen LogP contribution in [0.4, 0.5) is 32.3 Å². The maximum Gasteiger partial charge on any atom is 0.414 e. The first-order valence-electron chi connectivity index (χ1n) is 19.2. The first-order valence-corrected chi connectivity index (χ1v) is 21.6. The number of likely N-dealkylation sites (N-methyl/N-ethyl adjacent to an activating group) is 2. The van der Waals surface area contributed by atoms with Gasteiger partial charge in [-0.3, -0.25) is 24.4 Å². The van der Waals surface area contributed by atoms with Gasteiger partial charge in [-0.25, -0.2) is 15.4 Å². The van der Waals surface area contributed by atoms with Gasteiger partial charge in [-0.1, -0.05) is 23.2 Å². The van der Waals surface area contributed by atoms with E-state index in [9.17, 15) is 19.2 Å². The number of carbonyl (C=O) groups excluding carboxylic acids is 4. The number of ketones is 2. The van der Waals surface area contributed by atoms with Crippen LogP contribution in [0.15, 0.2) is 77.9 Å².